The van der Waals surface area contributed by atoms with Crippen LogP contribution < -0.4 is 0 Å². The summed E-state index contributed by atoms with van der Waals surface area (Å²) in [6, 6.07) is 0.437. The van der Waals surface area contributed by atoms with E-state index in [4.69, 9.17) is 4.74 Å². The minimum absolute atomic E-state index is 0.437. The van der Waals surface area contributed by atoms with E-state index in [0.717, 1.165) is 31.6 Å². The van der Waals surface area contributed by atoms with Crippen LogP contribution in [0.1, 0.15) is 26.2 Å². The van der Waals surface area contributed by atoms with Crippen molar-refractivity contribution in [2.45, 2.75) is 37.8 Å². The van der Waals surface area contributed by atoms with Crippen molar-refractivity contribution in [3.8, 4) is 0 Å². The van der Waals surface area contributed by atoms with Gasteiger partial charge in [0.15, 0.2) is 0 Å². The summed E-state index contributed by atoms with van der Waals surface area (Å²) in [5.74, 6) is 0.806. The van der Waals surface area contributed by atoms with Gasteiger partial charge in [-0.2, -0.15) is 0 Å². The van der Waals surface area contributed by atoms with Crippen LogP contribution in [0.15, 0.2) is 11.8 Å². The summed E-state index contributed by atoms with van der Waals surface area (Å²) in [5.41, 5.74) is -0.728. The number of hydrogen-bond donors (Lipinski definition) is 1. The van der Waals surface area contributed by atoms with Gasteiger partial charge in [0.05, 0.1) is 6.61 Å². The number of β-amino-alcohol motifs (C(OH)–C–C–N with tert-alkyl or cyclic N) is 1. The van der Waals surface area contributed by atoms with E-state index in [1.165, 1.54) is 0 Å². The standard InChI is InChI=1S/C11H19NO2/c1-9-7-11(13,8-12(9)2)10-5-3-4-6-14-10/h5,9,13H,3-4,6-8H2,1-2H3. The van der Waals surface area contributed by atoms with Gasteiger partial charge in [0.25, 0.3) is 0 Å². The molecule has 3 heteroatoms. The van der Waals surface area contributed by atoms with Gasteiger partial charge < -0.3 is 14.7 Å². The van der Waals surface area contributed by atoms with E-state index in [9.17, 15) is 5.11 Å². The lowest BCUT2D eigenvalue weighted by Crippen LogP contribution is -2.36. The highest BCUT2D eigenvalue weighted by molar-refractivity contribution is 5.16. The first-order valence-electron chi connectivity index (χ1n) is 5.38. The number of allylic oxidation sites excluding steroid dienone is 1. The molecular weight excluding hydrogens is 178 g/mol. The van der Waals surface area contributed by atoms with E-state index in [2.05, 4.69) is 17.9 Å². The van der Waals surface area contributed by atoms with Crippen molar-refractivity contribution in [2.24, 2.45) is 0 Å². The van der Waals surface area contributed by atoms with Crippen molar-refractivity contribution in [1.82, 2.24) is 4.90 Å². The van der Waals surface area contributed by atoms with Crippen LogP contribution in [0.5, 0.6) is 0 Å². The second-order valence-electron chi connectivity index (χ2n) is 4.56. The predicted molar refractivity (Wildman–Crippen MR) is 54.9 cm³/mol. The van der Waals surface area contributed by atoms with E-state index in [1.54, 1.807) is 0 Å². The molecular formula is C11H19NO2. The molecule has 1 saturated heterocycles. The molecule has 0 radical (unpaired) electrons. The SMILES string of the molecule is CC1CC(O)(C2=CCCCO2)CN1C. The first-order chi connectivity index (χ1) is 6.62. The highest BCUT2D eigenvalue weighted by Crippen LogP contribution is 2.34. The summed E-state index contributed by atoms with van der Waals surface area (Å²) in [7, 11) is 2.05. The zero-order chi connectivity index (χ0) is 10.2. The first-order valence-corrected chi connectivity index (χ1v) is 5.38. The summed E-state index contributed by atoms with van der Waals surface area (Å²) in [6.45, 7) is 3.59. The van der Waals surface area contributed by atoms with E-state index < -0.39 is 5.60 Å². The molecule has 0 aromatic heterocycles. The van der Waals surface area contributed by atoms with E-state index in [0.29, 0.717) is 12.6 Å². The van der Waals surface area contributed by atoms with Crippen LogP contribution >= 0.6 is 0 Å². The minimum atomic E-state index is -0.728. The van der Waals surface area contributed by atoms with Crippen LogP contribution in [0.2, 0.25) is 0 Å². The quantitative estimate of drug-likeness (QED) is 0.684. The summed E-state index contributed by atoms with van der Waals surface area (Å²) in [4.78, 5) is 2.18. The molecule has 2 heterocycles. The van der Waals surface area contributed by atoms with Gasteiger partial charge >= 0.3 is 0 Å². The largest absolute Gasteiger partial charge is 0.495 e. The fourth-order valence-electron chi connectivity index (χ4n) is 2.34. The van der Waals surface area contributed by atoms with Crippen molar-refractivity contribution in [3.63, 3.8) is 0 Å². The Morgan fingerprint density at radius 2 is 2.43 bits per heavy atom. The Bertz CT molecular complexity index is 240. The zero-order valence-corrected chi connectivity index (χ0v) is 8.99. The van der Waals surface area contributed by atoms with Gasteiger partial charge in [-0.05, 0) is 39.3 Å². The molecule has 1 fully saturated rings. The maximum atomic E-state index is 10.4. The number of ether oxygens (including phenoxy) is 1. The van der Waals surface area contributed by atoms with Gasteiger partial charge in [-0.3, -0.25) is 0 Å². The van der Waals surface area contributed by atoms with E-state index in [-0.39, 0.29) is 0 Å². The normalized spacial score (nSPS) is 39.4. The van der Waals surface area contributed by atoms with Gasteiger partial charge in [0.2, 0.25) is 0 Å². The number of rotatable bonds is 1. The smallest absolute Gasteiger partial charge is 0.135 e. The van der Waals surface area contributed by atoms with Gasteiger partial charge in [-0.1, -0.05) is 0 Å². The Balaban J connectivity index is 2.12. The van der Waals surface area contributed by atoms with Crippen LogP contribution in [-0.2, 0) is 4.74 Å². The Labute approximate surface area is 85.4 Å². The van der Waals surface area contributed by atoms with Crippen molar-refractivity contribution in [1.29, 1.82) is 0 Å². The van der Waals surface area contributed by atoms with E-state index >= 15 is 0 Å². The number of likely N-dealkylation sites (tertiary alicyclic amines) is 1. The molecule has 3 nitrogen and oxygen atoms in total. The van der Waals surface area contributed by atoms with Crippen LogP contribution in [0.4, 0.5) is 0 Å². The second kappa shape index (κ2) is 3.55. The fraction of sp³-hybridized carbons (Fsp3) is 0.818. The van der Waals surface area contributed by atoms with Crippen LogP contribution in [0.3, 0.4) is 0 Å². The molecule has 80 valence electrons. The fourth-order valence-corrected chi connectivity index (χ4v) is 2.34. The first kappa shape index (κ1) is 9.99. The molecule has 0 aliphatic carbocycles. The number of nitrogens with zero attached hydrogens (tertiary/aromatic N) is 1. The van der Waals surface area contributed by atoms with Crippen molar-refractivity contribution in [3.05, 3.63) is 11.8 Å². The topological polar surface area (TPSA) is 32.7 Å². The summed E-state index contributed by atoms with van der Waals surface area (Å²) in [5, 5.41) is 10.4. The highest BCUT2D eigenvalue weighted by atomic mass is 16.5. The molecule has 0 spiro atoms. The number of aliphatic hydroxyl groups is 1. The molecule has 2 atom stereocenters. The zero-order valence-electron chi connectivity index (χ0n) is 8.99. The lowest BCUT2D eigenvalue weighted by molar-refractivity contribution is 0.0128. The Kier molecular flexibility index (Phi) is 2.54. The molecule has 0 aromatic carbocycles. The summed E-state index contributed by atoms with van der Waals surface area (Å²) >= 11 is 0. The summed E-state index contributed by atoms with van der Waals surface area (Å²) < 4.78 is 5.55. The average molecular weight is 197 g/mol. The molecule has 2 unspecified atom stereocenters. The molecule has 0 saturated carbocycles. The second-order valence-corrected chi connectivity index (χ2v) is 4.56. The summed E-state index contributed by atoms with van der Waals surface area (Å²) in [6.07, 6.45) is 4.95. The average Bonchev–Trinajstić information content (AvgIpc) is 2.44. The number of hydrogen-bond acceptors (Lipinski definition) is 3. The molecule has 0 amide bonds. The van der Waals surface area contributed by atoms with Gasteiger partial charge in [-0.25, -0.2) is 0 Å². The Morgan fingerprint density at radius 3 is 2.93 bits per heavy atom. The minimum Gasteiger partial charge on any atom is -0.495 e. The third-order valence-electron chi connectivity index (χ3n) is 3.29. The predicted octanol–water partition coefficient (Wildman–Crippen LogP) is 1.14. The van der Waals surface area contributed by atoms with Crippen LogP contribution in [0, 0.1) is 0 Å². The van der Waals surface area contributed by atoms with Crippen molar-refractivity contribution < 1.29 is 9.84 Å². The molecule has 1 N–H and O–H groups in total. The van der Waals surface area contributed by atoms with Gasteiger partial charge in [-0.15, -0.1) is 0 Å². The van der Waals surface area contributed by atoms with Gasteiger partial charge in [0, 0.05) is 12.6 Å². The Hall–Kier alpha value is -0.540. The molecule has 2 aliphatic rings. The molecule has 0 aromatic rings. The lowest BCUT2D eigenvalue weighted by Gasteiger charge is -2.28. The van der Waals surface area contributed by atoms with Gasteiger partial charge in [0.1, 0.15) is 11.4 Å². The maximum absolute atomic E-state index is 10.4. The third-order valence-corrected chi connectivity index (χ3v) is 3.29. The highest BCUT2D eigenvalue weighted by Gasteiger charge is 2.43. The number of likely N-dealkylation sites (N-methyl/N-ethyl adjacent to an activating group) is 1. The molecule has 14 heavy (non-hydrogen) atoms. The monoisotopic (exact) mass is 197 g/mol. The van der Waals surface area contributed by atoms with Crippen LogP contribution in [-0.4, -0.2) is 41.8 Å². The van der Waals surface area contributed by atoms with Crippen LogP contribution in [0.25, 0.3) is 0 Å². The third kappa shape index (κ3) is 1.66. The van der Waals surface area contributed by atoms with Crippen molar-refractivity contribution >= 4 is 0 Å². The molecule has 2 aliphatic heterocycles. The molecule has 0 bridgehead atoms. The Morgan fingerprint density at radius 1 is 1.64 bits per heavy atom. The molecule has 2 rings (SSSR count). The van der Waals surface area contributed by atoms with Crippen molar-refractivity contribution in [2.75, 3.05) is 20.2 Å². The lowest BCUT2D eigenvalue weighted by atomic mass is 9.96. The van der Waals surface area contributed by atoms with E-state index in [1.807, 2.05) is 7.05 Å². The maximum Gasteiger partial charge on any atom is 0.135 e.